The number of hydrogen-bond acceptors (Lipinski definition) is 4. The molecule has 1 aliphatic rings. The molecule has 2 aromatic rings. The number of anilines is 1. The van der Waals surface area contributed by atoms with Gasteiger partial charge in [0.1, 0.15) is 0 Å². The van der Waals surface area contributed by atoms with Gasteiger partial charge < -0.3 is 19.7 Å². The molecular weight excluding hydrogens is 348 g/mol. The van der Waals surface area contributed by atoms with Crippen molar-refractivity contribution in [3.63, 3.8) is 0 Å². The molecule has 0 saturated heterocycles. The maximum absolute atomic E-state index is 12.8. The zero-order chi connectivity index (χ0) is 19.4. The van der Waals surface area contributed by atoms with E-state index >= 15 is 0 Å². The van der Waals surface area contributed by atoms with E-state index in [0.717, 1.165) is 0 Å². The van der Waals surface area contributed by atoms with Crippen LogP contribution in [0, 0.1) is 5.92 Å². The highest BCUT2D eigenvalue weighted by Crippen LogP contribution is 2.26. The maximum atomic E-state index is 12.8. The quantitative estimate of drug-likeness (QED) is 0.843. The number of benzene rings is 1. The van der Waals surface area contributed by atoms with E-state index in [1.165, 1.54) is 11.2 Å². The van der Waals surface area contributed by atoms with Crippen LogP contribution >= 0.6 is 0 Å². The molecule has 0 unspecified atom stereocenters. The lowest BCUT2D eigenvalue weighted by atomic mass is 9.86. The lowest BCUT2D eigenvalue weighted by Crippen LogP contribution is -2.39. The predicted molar refractivity (Wildman–Crippen MR) is 98.7 cm³/mol. The van der Waals surface area contributed by atoms with E-state index in [1.54, 1.807) is 43.4 Å². The molecule has 0 aliphatic heterocycles. The number of nitrogens with one attached hydrogen (secondary N) is 1. The molecular formula is C20H22N2O5. The molecule has 1 heterocycles. The minimum absolute atomic E-state index is 0.0627. The Morgan fingerprint density at radius 1 is 1.07 bits per heavy atom. The summed E-state index contributed by atoms with van der Waals surface area (Å²) in [7, 11) is 1.59. The Morgan fingerprint density at radius 3 is 2.41 bits per heavy atom. The molecule has 0 atom stereocenters. The first-order chi connectivity index (χ1) is 13.0. The first-order valence-corrected chi connectivity index (χ1v) is 8.91. The maximum Gasteiger partial charge on any atom is 0.306 e. The van der Waals surface area contributed by atoms with E-state index in [2.05, 4.69) is 5.32 Å². The Balaban J connectivity index is 1.71. The number of furan rings is 1. The average Bonchev–Trinajstić information content (AvgIpc) is 3.22. The van der Waals surface area contributed by atoms with Gasteiger partial charge in [0, 0.05) is 13.1 Å². The van der Waals surface area contributed by atoms with Gasteiger partial charge in [-0.2, -0.15) is 0 Å². The topological polar surface area (TPSA) is 99.9 Å². The number of hydrogen-bond donors (Lipinski definition) is 2. The molecule has 1 aromatic carbocycles. The van der Waals surface area contributed by atoms with Gasteiger partial charge in [0.25, 0.3) is 11.8 Å². The Hall–Kier alpha value is -3.09. The van der Waals surface area contributed by atoms with Crippen molar-refractivity contribution in [1.82, 2.24) is 5.32 Å². The van der Waals surface area contributed by atoms with E-state index in [4.69, 9.17) is 9.52 Å². The Bertz CT molecular complexity index is 823. The molecule has 1 aromatic heterocycles. The van der Waals surface area contributed by atoms with Gasteiger partial charge in [-0.05, 0) is 49.9 Å². The molecule has 1 saturated carbocycles. The van der Waals surface area contributed by atoms with Crippen molar-refractivity contribution in [3.05, 3.63) is 54.0 Å². The van der Waals surface area contributed by atoms with Gasteiger partial charge in [-0.15, -0.1) is 0 Å². The van der Waals surface area contributed by atoms with Gasteiger partial charge >= 0.3 is 5.97 Å². The van der Waals surface area contributed by atoms with Crippen molar-refractivity contribution < 1.29 is 23.9 Å². The Kier molecular flexibility index (Phi) is 5.59. The zero-order valence-corrected chi connectivity index (χ0v) is 15.1. The summed E-state index contributed by atoms with van der Waals surface area (Å²) in [6.07, 6.45) is 3.79. The molecule has 142 valence electrons. The van der Waals surface area contributed by atoms with Crippen LogP contribution in [0.4, 0.5) is 5.69 Å². The normalized spacial score (nSPS) is 19.3. The Labute approximate surface area is 157 Å². The standard InChI is InChI=1S/C20H22N2O5/c1-22(19(24)17-7-4-12-27-17)16-6-3-2-5-15(16)18(23)21-14-10-8-13(9-11-14)20(25)26/h2-7,12-14H,8-11H2,1H3,(H,21,23)(H,25,26). The SMILES string of the molecule is CN(C(=O)c1ccco1)c1ccccc1C(=O)NC1CCC(C(=O)O)CC1. The minimum Gasteiger partial charge on any atom is -0.481 e. The fraction of sp³-hybridized carbons (Fsp3) is 0.350. The second kappa shape index (κ2) is 8.07. The number of carboxylic acids is 1. The number of nitrogens with zero attached hydrogens (tertiary/aromatic N) is 1. The molecule has 1 aliphatic carbocycles. The molecule has 2 N–H and O–H groups in total. The highest BCUT2D eigenvalue weighted by molar-refractivity contribution is 6.09. The van der Waals surface area contributed by atoms with Crippen molar-refractivity contribution in [2.45, 2.75) is 31.7 Å². The summed E-state index contributed by atoms with van der Waals surface area (Å²) in [5.41, 5.74) is 0.871. The summed E-state index contributed by atoms with van der Waals surface area (Å²) in [5, 5.41) is 12.1. The van der Waals surface area contributed by atoms with Gasteiger partial charge in [-0.3, -0.25) is 14.4 Å². The molecule has 1 fully saturated rings. The number of rotatable bonds is 5. The molecule has 27 heavy (non-hydrogen) atoms. The van der Waals surface area contributed by atoms with E-state index in [-0.39, 0.29) is 29.5 Å². The van der Waals surface area contributed by atoms with E-state index < -0.39 is 5.97 Å². The summed E-state index contributed by atoms with van der Waals surface area (Å²) in [6, 6.07) is 10.0. The Morgan fingerprint density at radius 2 is 1.78 bits per heavy atom. The highest BCUT2D eigenvalue weighted by Gasteiger charge is 2.28. The van der Waals surface area contributed by atoms with Crippen molar-refractivity contribution in [1.29, 1.82) is 0 Å². The molecule has 0 spiro atoms. The van der Waals surface area contributed by atoms with Crippen molar-refractivity contribution in [2.24, 2.45) is 5.92 Å². The van der Waals surface area contributed by atoms with Gasteiger partial charge in [-0.25, -0.2) is 0 Å². The van der Waals surface area contributed by atoms with E-state index in [1.807, 2.05) is 0 Å². The zero-order valence-electron chi connectivity index (χ0n) is 15.1. The van der Waals surface area contributed by atoms with Gasteiger partial charge in [0.2, 0.25) is 0 Å². The van der Waals surface area contributed by atoms with Crippen LogP contribution in [0.3, 0.4) is 0 Å². The van der Waals surface area contributed by atoms with E-state index in [0.29, 0.717) is 36.9 Å². The summed E-state index contributed by atoms with van der Waals surface area (Å²) in [6.45, 7) is 0. The monoisotopic (exact) mass is 370 g/mol. The summed E-state index contributed by atoms with van der Waals surface area (Å²) in [5.74, 6) is -1.53. The number of aliphatic carboxylic acids is 1. The molecule has 7 heteroatoms. The fourth-order valence-electron chi connectivity index (χ4n) is 3.38. The second-order valence-corrected chi connectivity index (χ2v) is 6.72. The third-order valence-corrected chi connectivity index (χ3v) is 4.96. The van der Waals surface area contributed by atoms with Crippen LogP contribution in [0.2, 0.25) is 0 Å². The van der Waals surface area contributed by atoms with Crippen LogP contribution in [-0.2, 0) is 4.79 Å². The lowest BCUT2D eigenvalue weighted by molar-refractivity contribution is -0.142. The van der Waals surface area contributed by atoms with Crippen molar-refractivity contribution in [2.75, 3.05) is 11.9 Å². The smallest absolute Gasteiger partial charge is 0.306 e. The van der Waals surface area contributed by atoms with Crippen LogP contribution in [0.15, 0.2) is 47.1 Å². The minimum atomic E-state index is -0.775. The molecule has 3 rings (SSSR count). The first kappa shape index (κ1) is 18.7. The van der Waals surface area contributed by atoms with Crippen LogP contribution in [0.25, 0.3) is 0 Å². The average molecular weight is 370 g/mol. The second-order valence-electron chi connectivity index (χ2n) is 6.72. The fourth-order valence-corrected chi connectivity index (χ4v) is 3.38. The molecule has 0 bridgehead atoms. The number of para-hydroxylation sites is 1. The highest BCUT2D eigenvalue weighted by atomic mass is 16.4. The van der Waals surface area contributed by atoms with E-state index in [9.17, 15) is 14.4 Å². The van der Waals surface area contributed by atoms with Gasteiger partial charge in [0.05, 0.1) is 23.4 Å². The molecule has 2 amide bonds. The van der Waals surface area contributed by atoms with Crippen LogP contribution in [0.1, 0.15) is 46.6 Å². The predicted octanol–water partition coefficient (Wildman–Crippen LogP) is 2.93. The number of carbonyl (C=O) groups excluding carboxylic acids is 2. The van der Waals surface area contributed by atoms with Gasteiger partial charge in [-0.1, -0.05) is 12.1 Å². The third kappa shape index (κ3) is 4.19. The molecule has 0 radical (unpaired) electrons. The number of amides is 2. The van der Waals surface area contributed by atoms with Crippen molar-refractivity contribution >= 4 is 23.5 Å². The summed E-state index contributed by atoms with van der Waals surface area (Å²) in [4.78, 5) is 37.7. The van der Waals surface area contributed by atoms with Crippen molar-refractivity contribution in [3.8, 4) is 0 Å². The van der Waals surface area contributed by atoms with Crippen LogP contribution in [-0.4, -0.2) is 36.0 Å². The number of carbonyl (C=O) groups is 3. The summed E-state index contributed by atoms with van der Waals surface area (Å²) >= 11 is 0. The largest absolute Gasteiger partial charge is 0.481 e. The number of carboxylic acid groups (broad SMARTS) is 1. The third-order valence-electron chi connectivity index (χ3n) is 4.96. The summed E-state index contributed by atoms with van der Waals surface area (Å²) < 4.78 is 5.15. The van der Waals surface area contributed by atoms with Gasteiger partial charge in [0.15, 0.2) is 5.76 Å². The van der Waals surface area contributed by atoms with Crippen LogP contribution in [0.5, 0.6) is 0 Å². The lowest BCUT2D eigenvalue weighted by Gasteiger charge is -2.27. The molecule has 7 nitrogen and oxygen atoms in total. The first-order valence-electron chi connectivity index (χ1n) is 8.91. The van der Waals surface area contributed by atoms with Crippen LogP contribution < -0.4 is 10.2 Å².